The Morgan fingerprint density at radius 2 is 2.18 bits per heavy atom. The van der Waals surface area contributed by atoms with Crippen molar-refractivity contribution in [2.45, 2.75) is 31.9 Å². The molecule has 1 saturated carbocycles. The molecule has 0 unspecified atom stereocenters. The standard InChI is InChI=1S/C14H15N5O3/c1-14(5-6-14)22-13-11(19(20)21)12(17-9-18-13)16-8-10-4-2-3-7-15-10/h2-4,7,9H,5-6,8H2,1H3,(H,16,17,18). The molecule has 1 aliphatic rings. The minimum atomic E-state index is -0.526. The van der Waals surface area contributed by atoms with Crippen molar-refractivity contribution >= 4 is 11.5 Å². The maximum absolute atomic E-state index is 11.4. The van der Waals surface area contributed by atoms with E-state index in [2.05, 4.69) is 20.3 Å². The van der Waals surface area contributed by atoms with Gasteiger partial charge < -0.3 is 10.1 Å². The van der Waals surface area contributed by atoms with Crippen molar-refractivity contribution in [2.24, 2.45) is 0 Å². The van der Waals surface area contributed by atoms with Crippen LogP contribution in [0, 0.1) is 10.1 Å². The predicted molar refractivity (Wildman–Crippen MR) is 78.5 cm³/mol. The molecule has 1 fully saturated rings. The Hall–Kier alpha value is -2.77. The van der Waals surface area contributed by atoms with E-state index in [1.54, 1.807) is 12.3 Å². The molecule has 8 nitrogen and oxygen atoms in total. The summed E-state index contributed by atoms with van der Waals surface area (Å²) in [5, 5.41) is 14.3. The monoisotopic (exact) mass is 301 g/mol. The molecule has 0 radical (unpaired) electrons. The third kappa shape index (κ3) is 3.11. The van der Waals surface area contributed by atoms with Crippen molar-refractivity contribution in [3.8, 4) is 5.88 Å². The molecule has 8 heteroatoms. The molecule has 2 aromatic rings. The lowest BCUT2D eigenvalue weighted by atomic mass is 10.3. The Morgan fingerprint density at radius 3 is 2.82 bits per heavy atom. The van der Waals surface area contributed by atoms with Gasteiger partial charge in [0, 0.05) is 6.20 Å². The average molecular weight is 301 g/mol. The molecule has 0 aliphatic heterocycles. The van der Waals surface area contributed by atoms with Crippen molar-refractivity contribution in [1.29, 1.82) is 0 Å². The number of hydrogen-bond acceptors (Lipinski definition) is 7. The minimum Gasteiger partial charge on any atom is -0.466 e. The molecule has 0 amide bonds. The van der Waals surface area contributed by atoms with Gasteiger partial charge in [-0.2, -0.15) is 4.98 Å². The van der Waals surface area contributed by atoms with E-state index >= 15 is 0 Å². The molecule has 3 rings (SSSR count). The van der Waals surface area contributed by atoms with E-state index < -0.39 is 4.92 Å². The summed E-state index contributed by atoms with van der Waals surface area (Å²) in [6, 6.07) is 5.47. The van der Waals surface area contributed by atoms with Crippen molar-refractivity contribution in [3.05, 3.63) is 46.5 Å². The SMILES string of the molecule is CC1(Oc2ncnc(NCc3ccccn3)c2[N+](=O)[O-])CC1. The first kappa shape index (κ1) is 14.2. The number of aromatic nitrogens is 3. The Bertz CT molecular complexity index is 688. The lowest BCUT2D eigenvalue weighted by Gasteiger charge is -2.13. The van der Waals surface area contributed by atoms with Crippen LogP contribution in [0.5, 0.6) is 5.88 Å². The fraction of sp³-hybridized carbons (Fsp3) is 0.357. The molecule has 22 heavy (non-hydrogen) atoms. The summed E-state index contributed by atoms with van der Waals surface area (Å²) in [4.78, 5) is 22.8. The largest absolute Gasteiger partial charge is 0.466 e. The number of nitrogens with zero attached hydrogens (tertiary/aromatic N) is 4. The second-order valence-corrected chi connectivity index (χ2v) is 5.36. The van der Waals surface area contributed by atoms with Gasteiger partial charge in [0.15, 0.2) is 0 Å². The first-order valence-corrected chi connectivity index (χ1v) is 6.90. The van der Waals surface area contributed by atoms with Crippen LogP contribution in [0.4, 0.5) is 11.5 Å². The first-order chi connectivity index (χ1) is 10.6. The number of nitro groups is 1. The number of ether oxygens (including phenoxy) is 1. The first-order valence-electron chi connectivity index (χ1n) is 6.90. The third-order valence-corrected chi connectivity index (χ3v) is 3.43. The minimum absolute atomic E-state index is 0.00326. The summed E-state index contributed by atoms with van der Waals surface area (Å²) in [6.07, 6.45) is 4.65. The van der Waals surface area contributed by atoms with Crippen LogP contribution in [0.15, 0.2) is 30.7 Å². The smallest absolute Gasteiger partial charge is 0.372 e. The average Bonchev–Trinajstić information content (AvgIpc) is 3.23. The van der Waals surface area contributed by atoms with E-state index in [0.29, 0.717) is 6.54 Å². The molecule has 2 heterocycles. The van der Waals surface area contributed by atoms with Gasteiger partial charge in [-0.05, 0) is 31.9 Å². The molecular weight excluding hydrogens is 286 g/mol. The van der Waals surface area contributed by atoms with Crippen LogP contribution in [-0.2, 0) is 6.54 Å². The summed E-state index contributed by atoms with van der Waals surface area (Å²) in [5.74, 6) is 0.133. The molecule has 1 aliphatic carbocycles. The number of nitrogens with one attached hydrogen (secondary N) is 1. The highest BCUT2D eigenvalue weighted by molar-refractivity contribution is 5.61. The number of hydrogen-bond donors (Lipinski definition) is 1. The highest BCUT2D eigenvalue weighted by atomic mass is 16.6. The molecule has 0 aromatic carbocycles. The van der Waals surface area contributed by atoms with Gasteiger partial charge in [0.25, 0.3) is 5.88 Å². The number of rotatable bonds is 6. The summed E-state index contributed by atoms with van der Waals surface area (Å²) in [5.41, 5.74) is 0.163. The summed E-state index contributed by atoms with van der Waals surface area (Å²) >= 11 is 0. The normalized spacial score (nSPS) is 15.1. The molecule has 1 N–H and O–H groups in total. The van der Waals surface area contributed by atoms with Gasteiger partial charge in [-0.25, -0.2) is 4.98 Å². The van der Waals surface area contributed by atoms with E-state index in [4.69, 9.17) is 4.74 Å². The predicted octanol–water partition coefficient (Wildman–Crippen LogP) is 2.32. The second-order valence-electron chi connectivity index (χ2n) is 5.36. The van der Waals surface area contributed by atoms with E-state index in [1.807, 2.05) is 19.1 Å². The number of anilines is 1. The van der Waals surface area contributed by atoms with Crippen molar-refractivity contribution in [3.63, 3.8) is 0 Å². The van der Waals surface area contributed by atoms with Gasteiger partial charge in [-0.1, -0.05) is 6.07 Å². The van der Waals surface area contributed by atoms with Crippen LogP contribution >= 0.6 is 0 Å². The Labute approximate surface area is 126 Å². The number of pyridine rings is 1. The zero-order valence-electron chi connectivity index (χ0n) is 12.0. The molecule has 114 valence electrons. The molecule has 0 bridgehead atoms. The van der Waals surface area contributed by atoms with E-state index in [9.17, 15) is 10.1 Å². The van der Waals surface area contributed by atoms with Crippen molar-refractivity contribution in [1.82, 2.24) is 15.0 Å². The summed E-state index contributed by atoms with van der Waals surface area (Å²) in [7, 11) is 0. The Kier molecular flexibility index (Phi) is 3.58. The van der Waals surface area contributed by atoms with Gasteiger partial charge in [0.05, 0.1) is 17.2 Å². The van der Waals surface area contributed by atoms with Crippen molar-refractivity contribution < 1.29 is 9.66 Å². The van der Waals surface area contributed by atoms with Crippen LogP contribution < -0.4 is 10.1 Å². The fourth-order valence-electron chi connectivity index (χ4n) is 1.92. The highest BCUT2D eigenvalue weighted by Crippen LogP contribution is 2.42. The Morgan fingerprint density at radius 1 is 1.36 bits per heavy atom. The summed E-state index contributed by atoms with van der Waals surface area (Å²) < 4.78 is 5.65. The van der Waals surface area contributed by atoms with E-state index in [0.717, 1.165) is 18.5 Å². The van der Waals surface area contributed by atoms with Gasteiger partial charge >= 0.3 is 5.69 Å². The molecule has 0 atom stereocenters. The molecule has 2 aromatic heterocycles. The second kappa shape index (κ2) is 5.55. The maximum Gasteiger partial charge on any atom is 0.372 e. The van der Waals surface area contributed by atoms with Gasteiger partial charge in [-0.3, -0.25) is 15.1 Å². The molecular formula is C14H15N5O3. The fourth-order valence-corrected chi connectivity index (χ4v) is 1.92. The van der Waals surface area contributed by atoms with Crippen LogP contribution in [0.25, 0.3) is 0 Å². The lowest BCUT2D eigenvalue weighted by Crippen LogP contribution is -2.15. The van der Waals surface area contributed by atoms with Gasteiger partial charge in [0.1, 0.15) is 11.9 Å². The Balaban J connectivity index is 1.83. The zero-order valence-corrected chi connectivity index (χ0v) is 12.0. The molecule has 0 spiro atoms. The topological polar surface area (TPSA) is 103 Å². The van der Waals surface area contributed by atoms with Gasteiger partial charge in [0.2, 0.25) is 5.82 Å². The summed E-state index contributed by atoms with van der Waals surface area (Å²) in [6.45, 7) is 2.23. The van der Waals surface area contributed by atoms with Crippen LogP contribution in [0.1, 0.15) is 25.5 Å². The maximum atomic E-state index is 11.4. The van der Waals surface area contributed by atoms with Crippen molar-refractivity contribution in [2.75, 3.05) is 5.32 Å². The van der Waals surface area contributed by atoms with E-state index in [-0.39, 0.29) is 23.0 Å². The third-order valence-electron chi connectivity index (χ3n) is 3.43. The molecule has 0 saturated heterocycles. The van der Waals surface area contributed by atoms with Crippen LogP contribution in [0.2, 0.25) is 0 Å². The van der Waals surface area contributed by atoms with Crippen LogP contribution in [0.3, 0.4) is 0 Å². The van der Waals surface area contributed by atoms with Gasteiger partial charge in [-0.15, -0.1) is 0 Å². The van der Waals surface area contributed by atoms with E-state index in [1.165, 1.54) is 6.33 Å². The quantitative estimate of drug-likeness (QED) is 0.645. The lowest BCUT2D eigenvalue weighted by molar-refractivity contribution is -0.385. The zero-order chi connectivity index (χ0) is 15.6. The highest BCUT2D eigenvalue weighted by Gasteiger charge is 2.42. The van der Waals surface area contributed by atoms with Crippen LogP contribution in [-0.4, -0.2) is 25.5 Å².